The van der Waals surface area contributed by atoms with Crippen molar-refractivity contribution in [3.8, 4) is 0 Å². The molecule has 0 rings (SSSR count). The highest BCUT2D eigenvalue weighted by Crippen LogP contribution is 2.27. The molecule has 2 atom stereocenters. The molecule has 32 heavy (non-hydrogen) atoms. The van der Waals surface area contributed by atoms with E-state index in [9.17, 15) is 4.79 Å². The van der Waals surface area contributed by atoms with Gasteiger partial charge < -0.3 is 10.2 Å². The van der Waals surface area contributed by atoms with Crippen molar-refractivity contribution in [3.63, 3.8) is 0 Å². The summed E-state index contributed by atoms with van der Waals surface area (Å²) in [5.41, 5.74) is 0. The monoisotopic (exact) mass is 444 g/mol. The molecule has 0 amide bonds. The maximum atomic E-state index is 11.0. The van der Waals surface area contributed by atoms with Crippen LogP contribution in [0.5, 0.6) is 0 Å². The Bertz CT molecular complexity index is 583. The number of aliphatic hydroxyl groups excluding tert-OH is 1. The number of rotatable bonds is 21. The number of aliphatic carboxylic acids is 1. The van der Waals surface area contributed by atoms with Crippen molar-refractivity contribution in [1.29, 1.82) is 0 Å². The van der Waals surface area contributed by atoms with Crippen LogP contribution < -0.4 is 0 Å². The molecule has 3 nitrogen and oxygen atoms in total. The van der Waals surface area contributed by atoms with E-state index in [1.165, 1.54) is 38.5 Å². The van der Waals surface area contributed by atoms with Gasteiger partial charge in [-0.2, -0.15) is 0 Å². The van der Waals surface area contributed by atoms with Crippen molar-refractivity contribution in [2.75, 3.05) is 0 Å². The predicted octanol–water partition coefficient (Wildman–Crippen LogP) is 9.10. The van der Waals surface area contributed by atoms with Crippen LogP contribution in [0.25, 0.3) is 0 Å². The minimum atomic E-state index is -0.713. The highest BCUT2D eigenvalue weighted by Gasteiger charge is 2.16. The van der Waals surface area contributed by atoms with Crippen molar-refractivity contribution >= 4 is 5.97 Å². The van der Waals surface area contributed by atoms with Gasteiger partial charge in [-0.15, -0.1) is 0 Å². The molecule has 0 aliphatic heterocycles. The molecule has 0 unspecified atom stereocenters. The third kappa shape index (κ3) is 19.9. The topological polar surface area (TPSA) is 57.5 Å². The van der Waals surface area contributed by atoms with E-state index in [1.807, 2.05) is 0 Å². The van der Waals surface area contributed by atoms with Gasteiger partial charge in [0.1, 0.15) is 0 Å². The van der Waals surface area contributed by atoms with E-state index in [2.05, 4.69) is 69.0 Å². The number of hydrogen-bond acceptors (Lipinski definition) is 2. The zero-order chi connectivity index (χ0) is 23.9. The quantitative estimate of drug-likeness (QED) is 0.105. The molecule has 0 bridgehead atoms. The first-order valence-corrected chi connectivity index (χ1v) is 12.8. The molecular formula is C29H48O3. The van der Waals surface area contributed by atoms with Crippen LogP contribution in [0.2, 0.25) is 0 Å². The Balaban J connectivity index is 5.06. The van der Waals surface area contributed by atoms with E-state index in [0.717, 1.165) is 32.1 Å². The number of aliphatic hydroxyl groups is 1. The van der Waals surface area contributed by atoms with E-state index in [4.69, 9.17) is 10.2 Å². The Morgan fingerprint density at radius 3 is 1.78 bits per heavy atom. The minimum Gasteiger partial charge on any atom is -0.513 e. The largest absolute Gasteiger partial charge is 0.513 e. The lowest BCUT2D eigenvalue weighted by Gasteiger charge is -2.22. The Kier molecular flexibility index (Phi) is 20.8. The SMILES string of the molecule is C=C(O)CCC/C=C/C=C/[C@@H](CCCCC)[C@@H](/C=C/C=C/CCCCC)CCCC(=O)O. The third-order valence-electron chi connectivity index (χ3n) is 5.64. The predicted molar refractivity (Wildman–Crippen MR) is 139 cm³/mol. The van der Waals surface area contributed by atoms with Gasteiger partial charge in [-0.3, -0.25) is 4.79 Å². The molecule has 0 aromatic heterocycles. The molecule has 2 N–H and O–H groups in total. The molecule has 0 aromatic rings. The molecule has 0 saturated carbocycles. The second-order valence-corrected chi connectivity index (χ2v) is 8.69. The van der Waals surface area contributed by atoms with Crippen LogP contribution in [0.1, 0.15) is 104 Å². The summed E-state index contributed by atoms with van der Waals surface area (Å²) in [4.78, 5) is 11.0. The lowest BCUT2D eigenvalue weighted by atomic mass is 9.83. The molecule has 0 radical (unpaired) electrons. The molecule has 182 valence electrons. The van der Waals surface area contributed by atoms with Crippen molar-refractivity contribution in [1.82, 2.24) is 0 Å². The Labute approximate surface area is 197 Å². The van der Waals surface area contributed by atoms with Gasteiger partial charge in [0.25, 0.3) is 0 Å². The smallest absolute Gasteiger partial charge is 0.303 e. The second kappa shape index (κ2) is 22.2. The number of carboxylic acids is 1. The molecular weight excluding hydrogens is 396 g/mol. The minimum absolute atomic E-state index is 0.235. The van der Waals surface area contributed by atoms with Gasteiger partial charge in [0.15, 0.2) is 0 Å². The average Bonchev–Trinajstić information content (AvgIpc) is 2.75. The van der Waals surface area contributed by atoms with Crippen LogP contribution in [0.3, 0.4) is 0 Å². The van der Waals surface area contributed by atoms with Crippen LogP contribution in [-0.4, -0.2) is 16.2 Å². The van der Waals surface area contributed by atoms with Gasteiger partial charge in [-0.1, -0.05) is 101 Å². The van der Waals surface area contributed by atoms with E-state index in [0.29, 0.717) is 24.7 Å². The van der Waals surface area contributed by atoms with Gasteiger partial charge in [-0.05, 0) is 56.8 Å². The summed E-state index contributed by atoms with van der Waals surface area (Å²) in [5, 5.41) is 18.2. The van der Waals surface area contributed by atoms with E-state index < -0.39 is 5.97 Å². The highest BCUT2D eigenvalue weighted by molar-refractivity contribution is 5.66. The Morgan fingerprint density at radius 1 is 0.719 bits per heavy atom. The number of allylic oxidation sites excluding steroid dienone is 9. The standard InChI is InChI=1S/C29H48O3/c1-4-6-8-9-10-13-17-23-28(24-19-25-29(31)32)27(21-15-7-5-2)22-18-14-11-12-16-20-26(3)30/h10-11,13-14,17-18,22-23,27-28,30H,3-9,12,15-16,19-21,24-25H2,1-2H3,(H,31,32)/b13-10+,14-11+,22-18+,23-17+/t27-,28+/m1/s1. The van der Waals surface area contributed by atoms with Crippen LogP contribution >= 0.6 is 0 Å². The maximum Gasteiger partial charge on any atom is 0.303 e. The molecule has 0 aliphatic rings. The Hall–Kier alpha value is -2.03. The lowest BCUT2D eigenvalue weighted by molar-refractivity contribution is -0.137. The summed E-state index contributed by atoms with van der Waals surface area (Å²) in [6.45, 7) is 7.97. The summed E-state index contributed by atoms with van der Waals surface area (Å²) in [6, 6.07) is 0. The van der Waals surface area contributed by atoms with E-state index in [-0.39, 0.29) is 12.2 Å². The zero-order valence-corrected chi connectivity index (χ0v) is 20.7. The highest BCUT2D eigenvalue weighted by atomic mass is 16.4. The summed E-state index contributed by atoms with van der Waals surface area (Å²) in [7, 11) is 0. The fourth-order valence-corrected chi connectivity index (χ4v) is 3.72. The fourth-order valence-electron chi connectivity index (χ4n) is 3.72. The van der Waals surface area contributed by atoms with Gasteiger partial charge in [0, 0.05) is 12.8 Å². The fraction of sp³-hybridized carbons (Fsp3) is 0.621. The number of carbonyl (C=O) groups is 1. The molecule has 0 fully saturated rings. The maximum absolute atomic E-state index is 11.0. The van der Waals surface area contributed by atoms with E-state index >= 15 is 0 Å². The third-order valence-corrected chi connectivity index (χ3v) is 5.64. The first kappa shape index (κ1) is 30.0. The molecule has 0 aromatic carbocycles. The number of unbranched alkanes of at least 4 members (excludes halogenated alkanes) is 6. The van der Waals surface area contributed by atoms with Crippen LogP contribution in [0.4, 0.5) is 0 Å². The van der Waals surface area contributed by atoms with Gasteiger partial charge in [0.05, 0.1) is 5.76 Å². The summed E-state index contributed by atoms with van der Waals surface area (Å²) in [5.74, 6) is 0.311. The van der Waals surface area contributed by atoms with Crippen molar-refractivity contribution < 1.29 is 15.0 Å². The van der Waals surface area contributed by atoms with Crippen molar-refractivity contribution in [2.45, 2.75) is 104 Å². The van der Waals surface area contributed by atoms with Gasteiger partial charge in [0.2, 0.25) is 0 Å². The molecule has 0 aliphatic carbocycles. The summed E-state index contributed by atoms with van der Waals surface area (Å²) >= 11 is 0. The lowest BCUT2D eigenvalue weighted by Crippen LogP contribution is -2.12. The first-order valence-electron chi connectivity index (χ1n) is 12.8. The molecule has 0 saturated heterocycles. The van der Waals surface area contributed by atoms with Crippen LogP contribution in [0, 0.1) is 11.8 Å². The zero-order valence-electron chi connectivity index (χ0n) is 20.7. The van der Waals surface area contributed by atoms with E-state index in [1.54, 1.807) is 0 Å². The molecule has 3 heteroatoms. The van der Waals surface area contributed by atoms with Gasteiger partial charge >= 0.3 is 5.97 Å². The summed E-state index contributed by atoms with van der Waals surface area (Å²) in [6.07, 6.45) is 31.5. The van der Waals surface area contributed by atoms with Gasteiger partial charge in [-0.25, -0.2) is 0 Å². The molecule has 0 spiro atoms. The van der Waals surface area contributed by atoms with Crippen molar-refractivity contribution in [3.05, 3.63) is 60.9 Å². The first-order chi connectivity index (χ1) is 15.5. The second-order valence-electron chi connectivity index (χ2n) is 8.69. The number of hydrogen-bond donors (Lipinski definition) is 2. The number of carboxylic acid groups (broad SMARTS) is 1. The van der Waals surface area contributed by atoms with Crippen LogP contribution in [-0.2, 0) is 4.79 Å². The average molecular weight is 445 g/mol. The normalized spacial score (nSPS) is 14.2. The summed E-state index contributed by atoms with van der Waals surface area (Å²) < 4.78 is 0. The molecule has 0 heterocycles. The van der Waals surface area contributed by atoms with Crippen molar-refractivity contribution in [2.24, 2.45) is 11.8 Å². The van der Waals surface area contributed by atoms with Crippen LogP contribution in [0.15, 0.2) is 60.9 Å². The Morgan fingerprint density at radius 2 is 1.25 bits per heavy atom.